The van der Waals surface area contributed by atoms with Gasteiger partial charge in [-0.15, -0.1) is 0 Å². The molecule has 0 unspecified atom stereocenters. The first-order valence-electron chi connectivity index (χ1n) is 10.2. The zero-order valence-corrected chi connectivity index (χ0v) is 16.9. The Kier molecular flexibility index (Phi) is 4.72. The Bertz CT molecular complexity index is 1150. The topological polar surface area (TPSA) is 100 Å². The maximum atomic E-state index is 15.4. The Labute approximate surface area is 177 Å². The zero-order valence-electron chi connectivity index (χ0n) is 16.9. The van der Waals surface area contributed by atoms with Crippen molar-refractivity contribution in [1.29, 1.82) is 0 Å². The molecule has 2 N–H and O–H groups in total. The number of anilines is 1. The van der Waals surface area contributed by atoms with Crippen molar-refractivity contribution in [2.45, 2.75) is 32.3 Å². The quantitative estimate of drug-likeness (QED) is 0.668. The van der Waals surface area contributed by atoms with Gasteiger partial charge in [0.15, 0.2) is 5.76 Å². The number of benzene rings is 1. The van der Waals surface area contributed by atoms with Gasteiger partial charge in [0.1, 0.15) is 17.6 Å². The number of aromatic nitrogens is 2. The minimum Gasteiger partial charge on any atom is -0.463 e. The van der Waals surface area contributed by atoms with E-state index in [1.165, 1.54) is 17.9 Å². The summed E-state index contributed by atoms with van der Waals surface area (Å²) in [5, 5.41) is 10.0. The fourth-order valence-corrected chi connectivity index (χ4v) is 4.26. The molecule has 0 spiro atoms. The van der Waals surface area contributed by atoms with Crippen LogP contribution in [0, 0.1) is 5.82 Å². The number of aromatic amines is 1. The molecule has 3 aromatic rings. The first-order valence-corrected chi connectivity index (χ1v) is 10.2. The van der Waals surface area contributed by atoms with E-state index in [0.29, 0.717) is 29.1 Å². The molecule has 9 heteroatoms. The van der Waals surface area contributed by atoms with Gasteiger partial charge in [-0.1, -0.05) is 0 Å². The number of rotatable bonds is 4. The van der Waals surface area contributed by atoms with Crippen LogP contribution in [0.15, 0.2) is 34.9 Å². The summed E-state index contributed by atoms with van der Waals surface area (Å²) in [7, 11) is 0. The lowest BCUT2D eigenvalue weighted by atomic mass is 9.99. The Morgan fingerprint density at radius 1 is 1.39 bits per heavy atom. The average molecular weight is 424 g/mol. The summed E-state index contributed by atoms with van der Waals surface area (Å²) >= 11 is 0. The molecule has 8 nitrogen and oxygen atoms in total. The monoisotopic (exact) mass is 424 g/mol. The predicted octanol–water partition coefficient (Wildman–Crippen LogP) is 3.43. The predicted molar refractivity (Wildman–Crippen MR) is 110 cm³/mol. The van der Waals surface area contributed by atoms with Crippen LogP contribution >= 0.6 is 0 Å². The molecule has 31 heavy (non-hydrogen) atoms. The number of halogens is 1. The number of cyclic esters (lactones) is 1. The Hall–Kier alpha value is -3.62. The summed E-state index contributed by atoms with van der Waals surface area (Å²) < 4.78 is 26.2. The highest BCUT2D eigenvalue weighted by atomic mass is 19.1. The molecular weight excluding hydrogens is 403 g/mol. The van der Waals surface area contributed by atoms with Crippen LogP contribution in [0.1, 0.15) is 24.5 Å². The number of fused-ring (bicyclic) bond motifs is 3. The summed E-state index contributed by atoms with van der Waals surface area (Å²) in [5.74, 6) is 0.0276. The van der Waals surface area contributed by atoms with Gasteiger partial charge in [0, 0.05) is 18.1 Å². The molecule has 3 heterocycles. The summed E-state index contributed by atoms with van der Waals surface area (Å²) in [6, 6.07) is 6.82. The lowest BCUT2D eigenvalue weighted by Gasteiger charge is -2.17. The minimum absolute atomic E-state index is 0.200. The van der Waals surface area contributed by atoms with Crippen molar-refractivity contribution in [3.63, 3.8) is 0 Å². The van der Waals surface area contributed by atoms with Crippen LogP contribution in [0.25, 0.3) is 22.7 Å². The number of H-pyrrole nitrogens is 1. The standard InChI is InChI=1S/C22H21FN4O4/c1-12(28)24-10-15-11-27(22(29)31-15)14-8-13-4-2-5-16-20(18-6-3-7-30-18)25-26-21(16)19(13)17(23)9-14/h3,6-9,15H,2,4-5,10-11H2,1H3,(H,24,28)(H,25,26)/t15-/m0/s1. The lowest BCUT2D eigenvalue weighted by Crippen LogP contribution is -2.33. The maximum Gasteiger partial charge on any atom is 0.414 e. The number of ether oxygens (including phenoxy) is 1. The van der Waals surface area contributed by atoms with Crippen LogP contribution in [0.3, 0.4) is 0 Å². The van der Waals surface area contributed by atoms with Gasteiger partial charge in [0.2, 0.25) is 5.91 Å². The molecular formula is C22H21FN4O4. The fourth-order valence-electron chi connectivity index (χ4n) is 4.26. The van der Waals surface area contributed by atoms with Crippen molar-refractivity contribution < 1.29 is 23.1 Å². The van der Waals surface area contributed by atoms with E-state index in [2.05, 4.69) is 15.5 Å². The average Bonchev–Trinajstić information content (AvgIpc) is 3.44. The Balaban J connectivity index is 1.48. The number of furan rings is 1. The molecule has 1 aliphatic carbocycles. The second-order valence-corrected chi connectivity index (χ2v) is 7.77. The van der Waals surface area contributed by atoms with Crippen molar-refractivity contribution in [3.8, 4) is 22.7 Å². The number of aryl methyl sites for hydroxylation is 1. The second-order valence-electron chi connectivity index (χ2n) is 7.77. The van der Waals surface area contributed by atoms with Gasteiger partial charge in [-0.2, -0.15) is 5.10 Å². The first-order chi connectivity index (χ1) is 15.0. The van der Waals surface area contributed by atoms with Crippen LogP contribution in [-0.4, -0.2) is 41.4 Å². The first kappa shape index (κ1) is 19.3. The van der Waals surface area contributed by atoms with E-state index in [4.69, 9.17) is 9.15 Å². The van der Waals surface area contributed by atoms with Crippen molar-refractivity contribution in [1.82, 2.24) is 15.5 Å². The van der Waals surface area contributed by atoms with Crippen molar-refractivity contribution in [2.75, 3.05) is 18.0 Å². The number of amides is 2. The number of nitrogens with one attached hydrogen (secondary N) is 2. The molecule has 1 aliphatic heterocycles. The molecule has 1 fully saturated rings. The molecule has 1 saturated heterocycles. The third-order valence-corrected chi connectivity index (χ3v) is 5.67. The van der Waals surface area contributed by atoms with Crippen LogP contribution < -0.4 is 10.2 Å². The second kappa shape index (κ2) is 7.57. The van der Waals surface area contributed by atoms with Gasteiger partial charge in [-0.3, -0.25) is 14.8 Å². The van der Waals surface area contributed by atoms with E-state index >= 15 is 4.39 Å². The van der Waals surface area contributed by atoms with Gasteiger partial charge < -0.3 is 14.5 Å². The van der Waals surface area contributed by atoms with E-state index in [9.17, 15) is 9.59 Å². The van der Waals surface area contributed by atoms with Crippen molar-refractivity contribution in [3.05, 3.63) is 47.5 Å². The van der Waals surface area contributed by atoms with Gasteiger partial charge in [0.25, 0.3) is 0 Å². The number of carbonyl (C=O) groups excluding carboxylic acids is 2. The third-order valence-electron chi connectivity index (χ3n) is 5.67. The smallest absolute Gasteiger partial charge is 0.414 e. The van der Waals surface area contributed by atoms with Gasteiger partial charge in [0.05, 0.1) is 30.7 Å². The van der Waals surface area contributed by atoms with E-state index in [0.717, 1.165) is 29.7 Å². The summed E-state index contributed by atoms with van der Waals surface area (Å²) in [4.78, 5) is 24.9. The highest BCUT2D eigenvalue weighted by molar-refractivity contribution is 5.91. The molecule has 0 saturated carbocycles. The largest absolute Gasteiger partial charge is 0.463 e. The molecule has 0 bridgehead atoms. The number of hydrogen-bond acceptors (Lipinski definition) is 5. The SMILES string of the molecule is CC(=O)NC[C@H]1CN(c2cc(F)c3c(c2)CCCc2c-3n[nH]c2-c2ccco2)C(=O)O1. The van der Waals surface area contributed by atoms with Crippen LogP contribution in [-0.2, 0) is 22.4 Å². The number of hydrogen-bond donors (Lipinski definition) is 2. The summed E-state index contributed by atoms with van der Waals surface area (Å²) in [6.07, 6.45) is 2.76. The highest BCUT2D eigenvalue weighted by Gasteiger charge is 2.34. The minimum atomic E-state index is -0.552. The lowest BCUT2D eigenvalue weighted by molar-refractivity contribution is -0.119. The Morgan fingerprint density at radius 3 is 3.03 bits per heavy atom. The van der Waals surface area contributed by atoms with Gasteiger partial charge >= 0.3 is 6.09 Å². The Morgan fingerprint density at radius 2 is 2.26 bits per heavy atom. The van der Waals surface area contributed by atoms with Crippen LogP contribution in [0.4, 0.5) is 14.9 Å². The van der Waals surface area contributed by atoms with Gasteiger partial charge in [-0.05, 0) is 49.1 Å². The molecule has 5 rings (SSSR count). The summed E-state index contributed by atoms with van der Waals surface area (Å²) in [6.45, 7) is 1.86. The van der Waals surface area contributed by atoms with E-state index in [1.54, 1.807) is 12.3 Å². The normalized spacial score (nSPS) is 17.7. The fraction of sp³-hybridized carbons (Fsp3) is 0.318. The van der Waals surface area contributed by atoms with Crippen LogP contribution in [0.5, 0.6) is 0 Å². The van der Waals surface area contributed by atoms with Crippen molar-refractivity contribution in [2.24, 2.45) is 0 Å². The van der Waals surface area contributed by atoms with Crippen LogP contribution in [0.2, 0.25) is 0 Å². The summed E-state index contributed by atoms with van der Waals surface area (Å²) in [5.41, 5.74) is 3.96. The zero-order chi connectivity index (χ0) is 21.5. The molecule has 0 radical (unpaired) electrons. The van der Waals surface area contributed by atoms with Gasteiger partial charge in [-0.25, -0.2) is 9.18 Å². The molecule has 2 amide bonds. The van der Waals surface area contributed by atoms with E-state index in [1.807, 2.05) is 12.1 Å². The van der Waals surface area contributed by atoms with E-state index < -0.39 is 18.0 Å². The molecule has 1 aromatic carbocycles. The molecule has 160 valence electrons. The van der Waals surface area contributed by atoms with Crippen molar-refractivity contribution >= 4 is 17.7 Å². The maximum absolute atomic E-state index is 15.4. The highest BCUT2D eigenvalue weighted by Crippen LogP contribution is 2.40. The third kappa shape index (κ3) is 3.45. The molecule has 2 aromatic heterocycles. The van der Waals surface area contributed by atoms with E-state index in [-0.39, 0.29) is 19.0 Å². The number of nitrogens with zero attached hydrogens (tertiary/aromatic N) is 2. The number of carbonyl (C=O) groups is 2. The molecule has 1 atom stereocenters. The molecule has 2 aliphatic rings.